The lowest BCUT2D eigenvalue weighted by Crippen LogP contribution is -3.09. The Morgan fingerprint density at radius 2 is 2.09 bits per heavy atom. The zero-order valence-electron chi connectivity index (χ0n) is 14.5. The quantitative estimate of drug-likeness (QED) is 0.423. The van der Waals surface area contributed by atoms with E-state index in [1.54, 1.807) is 0 Å². The molecule has 1 heterocycles. The van der Waals surface area contributed by atoms with E-state index in [0.717, 1.165) is 50.5 Å². The molecule has 1 aromatic carbocycles. The van der Waals surface area contributed by atoms with Crippen molar-refractivity contribution in [3.05, 3.63) is 30.5 Å². The molecule has 1 atom stereocenters. The fraction of sp³-hybridized carbons (Fsp3) is 0.556. The molecule has 0 bridgehead atoms. The van der Waals surface area contributed by atoms with Gasteiger partial charge in [-0.1, -0.05) is 6.07 Å². The van der Waals surface area contributed by atoms with E-state index in [9.17, 15) is 0 Å². The number of anilines is 1. The molecule has 128 valence electrons. The number of quaternary nitrogens is 1. The normalized spacial score (nSPS) is 12.8. The lowest BCUT2D eigenvalue weighted by molar-refractivity contribution is -0.880. The van der Waals surface area contributed by atoms with Gasteiger partial charge in [-0.2, -0.15) is 0 Å². The van der Waals surface area contributed by atoms with Crippen molar-refractivity contribution in [2.75, 3.05) is 52.2 Å². The monoisotopic (exact) mass is 319 g/mol. The van der Waals surface area contributed by atoms with Gasteiger partial charge in [-0.3, -0.25) is 0 Å². The molecular formula is C18H31N4O+. The Labute approximate surface area is 139 Å². The van der Waals surface area contributed by atoms with Crippen LogP contribution in [0, 0.1) is 0 Å². The van der Waals surface area contributed by atoms with Crippen molar-refractivity contribution in [2.45, 2.75) is 19.9 Å². The SMILES string of the molecule is CCOCC[NH+](C)CCCNCCn1ccc2c(N)cccc21. The van der Waals surface area contributed by atoms with Crippen molar-refractivity contribution < 1.29 is 9.64 Å². The summed E-state index contributed by atoms with van der Waals surface area (Å²) >= 11 is 0. The standard InChI is InChI=1S/C18H30N4O/c1-3-23-15-14-21(2)11-5-9-20-10-13-22-12-8-16-17(19)6-4-7-18(16)22/h4,6-8,12,20H,3,5,9-11,13-15,19H2,1-2H3/p+1. The number of aromatic nitrogens is 1. The minimum absolute atomic E-state index is 0.814. The number of nitrogens with one attached hydrogen (secondary N) is 2. The molecule has 2 rings (SSSR count). The van der Waals surface area contributed by atoms with Gasteiger partial charge in [-0.05, 0) is 25.1 Å². The lowest BCUT2D eigenvalue weighted by atomic mass is 10.2. The van der Waals surface area contributed by atoms with E-state index < -0.39 is 0 Å². The molecule has 0 aliphatic heterocycles. The Bertz CT molecular complexity index is 581. The third kappa shape index (κ3) is 5.53. The van der Waals surface area contributed by atoms with E-state index in [-0.39, 0.29) is 0 Å². The van der Waals surface area contributed by atoms with Gasteiger partial charge in [-0.25, -0.2) is 0 Å². The number of rotatable bonds is 11. The summed E-state index contributed by atoms with van der Waals surface area (Å²) < 4.78 is 7.65. The molecule has 0 saturated carbocycles. The number of nitrogens with zero attached hydrogens (tertiary/aromatic N) is 1. The predicted octanol–water partition coefficient (Wildman–Crippen LogP) is 0.754. The largest absolute Gasteiger partial charge is 0.398 e. The highest BCUT2D eigenvalue weighted by molar-refractivity contribution is 5.91. The van der Waals surface area contributed by atoms with Gasteiger partial charge in [0.25, 0.3) is 0 Å². The number of fused-ring (bicyclic) bond motifs is 1. The molecule has 1 unspecified atom stereocenters. The lowest BCUT2D eigenvalue weighted by Gasteiger charge is -2.14. The summed E-state index contributed by atoms with van der Waals surface area (Å²) in [6.07, 6.45) is 3.31. The minimum Gasteiger partial charge on any atom is -0.398 e. The van der Waals surface area contributed by atoms with E-state index in [4.69, 9.17) is 10.5 Å². The van der Waals surface area contributed by atoms with Crippen molar-refractivity contribution >= 4 is 16.6 Å². The number of nitrogens with two attached hydrogens (primary N) is 1. The summed E-state index contributed by atoms with van der Waals surface area (Å²) in [5.41, 5.74) is 8.06. The highest BCUT2D eigenvalue weighted by atomic mass is 16.5. The third-order valence-corrected chi connectivity index (χ3v) is 4.21. The van der Waals surface area contributed by atoms with Crippen LogP contribution in [0.5, 0.6) is 0 Å². The number of hydrogen-bond acceptors (Lipinski definition) is 3. The third-order valence-electron chi connectivity index (χ3n) is 4.21. The van der Waals surface area contributed by atoms with Crippen LogP contribution < -0.4 is 16.0 Å². The molecule has 5 nitrogen and oxygen atoms in total. The van der Waals surface area contributed by atoms with E-state index in [2.05, 4.69) is 35.3 Å². The zero-order chi connectivity index (χ0) is 16.5. The Morgan fingerprint density at radius 1 is 1.22 bits per heavy atom. The summed E-state index contributed by atoms with van der Waals surface area (Å²) in [5, 5.41) is 4.67. The van der Waals surface area contributed by atoms with Crippen molar-refractivity contribution in [1.29, 1.82) is 0 Å². The topological polar surface area (TPSA) is 56.7 Å². The first-order valence-corrected chi connectivity index (χ1v) is 8.65. The van der Waals surface area contributed by atoms with Crippen LogP contribution in [0.25, 0.3) is 10.9 Å². The summed E-state index contributed by atoms with van der Waals surface area (Å²) in [4.78, 5) is 1.53. The molecule has 0 spiro atoms. The Hall–Kier alpha value is -1.56. The molecule has 0 saturated heterocycles. The Morgan fingerprint density at radius 3 is 2.91 bits per heavy atom. The molecule has 4 N–H and O–H groups in total. The average Bonchev–Trinajstić information content (AvgIpc) is 2.96. The van der Waals surface area contributed by atoms with Crippen LogP contribution in [0.2, 0.25) is 0 Å². The number of likely N-dealkylation sites (N-methyl/N-ethyl adjacent to an activating group) is 1. The maximum Gasteiger partial charge on any atom is 0.101 e. The van der Waals surface area contributed by atoms with E-state index in [0.29, 0.717) is 0 Å². The van der Waals surface area contributed by atoms with E-state index in [1.165, 1.54) is 23.4 Å². The summed E-state index contributed by atoms with van der Waals surface area (Å²) in [6.45, 7) is 9.01. The maximum atomic E-state index is 6.00. The van der Waals surface area contributed by atoms with Gasteiger partial charge in [0.1, 0.15) is 6.54 Å². The first-order valence-electron chi connectivity index (χ1n) is 8.65. The molecule has 0 amide bonds. The average molecular weight is 319 g/mol. The molecule has 2 aromatic rings. The van der Waals surface area contributed by atoms with E-state index in [1.807, 2.05) is 19.1 Å². The summed E-state index contributed by atoms with van der Waals surface area (Å²) in [6, 6.07) is 8.20. The van der Waals surface area contributed by atoms with Gasteiger partial charge in [0.15, 0.2) is 0 Å². The van der Waals surface area contributed by atoms with Crippen LogP contribution >= 0.6 is 0 Å². The van der Waals surface area contributed by atoms with Crippen molar-refractivity contribution in [2.24, 2.45) is 0 Å². The minimum atomic E-state index is 0.814. The predicted molar refractivity (Wildman–Crippen MR) is 97.0 cm³/mol. The van der Waals surface area contributed by atoms with Gasteiger partial charge < -0.3 is 25.3 Å². The second kappa shape index (κ2) is 9.55. The first kappa shape index (κ1) is 17.8. The molecule has 1 aromatic heterocycles. The maximum absolute atomic E-state index is 6.00. The molecule has 0 fully saturated rings. The summed E-state index contributed by atoms with van der Waals surface area (Å²) in [7, 11) is 2.23. The molecule has 0 aliphatic rings. The van der Waals surface area contributed by atoms with Crippen molar-refractivity contribution in [3.63, 3.8) is 0 Å². The van der Waals surface area contributed by atoms with Crippen LogP contribution in [0.3, 0.4) is 0 Å². The highest BCUT2D eigenvalue weighted by Crippen LogP contribution is 2.21. The van der Waals surface area contributed by atoms with Crippen LogP contribution in [0.1, 0.15) is 13.3 Å². The van der Waals surface area contributed by atoms with E-state index >= 15 is 0 Å². The smallest absolute Gasteiger partial charge is 0.101 e. The highest BCUT2D eigenvalue weighted by Gasteiger charge is 2.03. The van der Waals surface area contributed by atoms with Gasteiger partial charge in [0, 0.05) is 49.9 Å². The molecule has 23 heavy (non-hydrogen) atoms. The molecule has 0 radical (unpaired) electrons. The fourth-order valence-electron chi connectivity index (χ4n) is 2.80. The molecular weight excluding hydrogens is 288 g/mol. The number of nitrogen functional groups attached to an aromatic ring is 1. The molecule has 5 heteroatoms. The van der Waals surface area contributed by atoms with Crippen molar-refractivity contribution in [1.82, 2.24) is 9.88 Å². The molecule has 0 aliphatic carbocycles. The number of hydrogen-bond donors (Lipinski definition) is 3. The van der Waals surface area contributed by atoms with Crippen LogP contribution in [-0.2, 0) is 11.3 Å². The number of ether oxygens (including phenoxy) is 1. The van der Waals surface area contributed by atoms with Gasteiger partial charge in [0.2, 0.25) is 0 Å². The van der Waals surface area contributed by atoms with Crippen LogP contribution in [0.15, 0.2) is 30.5 Å². The Balaban J connectivity index is 1.61. The fourth-order valence-corrected chi connectivity index (χ4v) is 2.80. The van der Waals surface area contributed by atoms with Gasteiger partial charge in [-0.15, -0.1) is 0 Å². The zero-order valence-corrected chi connectivity index (χ0v) is 14.5. The summed E-state index contributed by atoms with van der Waals surface area (Å²) in [5.74, 6) is 0. The second-order valence-electron chi connectivity index (χ2n) is 6.05. The van der Waals surface area contributed by atoms with Crippen LogP contribution in [0.4, 0.5) is 5.69 Å². The second-order valence-corrected chi connectivity index (χ2v) is 6.05. The van der Waals surface area contributed by atoms with Crippen molar-refractivity contribution in [3.8, 4) is 0 Å². The van der Waals surface area contributed by atoms with Crippen LogP contribution in [-0.4, -0.2) is 51.0 Å². The Kier molecular flexibility index (Phi) is 7.39. The first-order chi connectivity index (χ1) is 11.2. The number of benzene rings is 1. The van der Waals surface area contributed by atoms with Gasteiger partial charge in [0.05, 0.1) is 25.7 Å². The van der Waals surface area contributed by atoms with Gasteiger partial charge >= 0.3 is 0 Å².